The smallest absolute Gasteiger partial charge is 0.228 e. The van der Waals surface area contributed by atoms with Crippen molar-refractivity contribution >= 4 is 17.5 Å². The fourth-order valence-corrected chi connectivity index (χ4v) is 3.71. The maximum atomic E-state index is 6.11. The van der Waals surface area contributed by atoms with Crippen LogP contribution in [0.4, 0.5) is 5.95 Å². The molecule has 0 bridgehead atoms. The van der Waals surface area contributed by atoms with Gasteiger partial charge in [-0.1, -0.05) is 28.9 Å². The van der Waals surface area contributed by atoms with Crippen molar-refractivity contribution in [1.29, 1.82) is 0 Å². The van der Waals surface area contributed by atoms with Crippen LogP contribution in [0, 0.1) is 0 Å². The number of hydrogen-bond acceptors (Lipinski definition) is 8. The summed E-state index contributed by atoms with van der Waals surface area (Å²) in [5.74, 6) is 2.00. The summed E-state index contributed by atoms with van der Waals surface area (Å²) < 4.78 is 13.2. The van der Waals surface area contributed by atoms with Gasteiger partial charge in [-0.15, -0.1) is 10.2 Å². The molecule has 0 radical (unpaired) electrons. The van der Waals surface area contributed by atoms with Gasteiger partial charge in [-0.2, -0.15) is 0 Å². The van der Waals surface area contributed by atoms with Crippen molar-refractivity contribution in [2.75, 3.05) is 24.7 Å². The first kappa shape index (κ1) is 18.7. The summed E-state index contributed by atoms with van der Waals surface area (Å²) in [4.78, 5) is 10.6. The molecule has 5 rings (SSSR count). The quantitative estimate of drug-likeness (QED) is 0.494. The Morgan fingerprint density at radius 1 is 1.17 bits per heavy atom. The van der Waals surface area contributed by atoms with Crippen LogP contribution in [0.3, 0.4) is 0 Å². The van der Waals surface area contributed by atoms with E-state index in [9.17, 15) is 0 Å². The fourth-order valence-electron chi connectivity index (χ4n) is 3.52. The minimum absolute atomic E-state index is 0.159. The Morgan fingerprint density at radius 3 is 2.93 bits per heavy atom. The predicted molar refractivity (Wildman–Crippen MR) is 110 cm³/mol. The molecule has 1 aliphatic rings. The summed E-state index contributed by atoms with van der Waals surface area (Å²) in [5, 5.41) is 13.7. The van der Waals surface area contributed by atoms with Gasteiger partial charge in [-0.25, -0.2) is 4.98 Å². The molecule has 0 saturated carbocycles. The molecular formula is C20H18ClN7O2. The molecule has 1 fully saturated rings. The van der Waals surface area contributed by atoms with Crippen molar-refractivity contribution in [2.24, 2.45) is 7.05 Å². The first-order chi connectivity index (χ1) is 14.7. The van der Waals surface area contributed by atoms with Crippen molar-refractivity contribution in [1.82, 2.24) is 29.9 Å². The number of ether oxygens (including phenoxy) is 1. The second kappa shape index (κ2) is 7.85. The molecule has 0 N–H and O–H groups in total. The van der Waals surface area contributed by atoms with E-state index in [0.717, 1.165) is 11.3 Å². The van der Waals surface area contributed by atoms with E-state index in [1.54, 1.807) is 18.6 Å². The molecule has 0 aliphatic carbocycles. The van der Waals surface area contributed by atoms with Crippen molar-refractivity contribution < 1.29 is 9.26 Å². The summed E-state index contributed by atoms with van der Waals surface area (Å²) in [5.41, 5.74) is 2.29. The highest BCUT2D eigenvalue weighted by atomic mass is 35.5. The highest BCUT2D eigenvalue weighted by molar-refractivity contribution is 6.30. The second-order valence-corrected chi connectivity index (χ2v) is 7.32. The van der Waals surface area contributed by atoms with Gasteiger partial charge in [0, 0.05) is 42.6 Å². The first-order valence-electron chi connectivity index (χ1n) is 9.43. The Bertz CT molecular complexity index is 1160. The second-order valence-electron chi connectivity index (χ2n) is 6.88. The van der Waals surface area contributed by atoms with Crippen LogP contribution in [-0.4, -0.2) is 49.6 Å². The Morgan fingerprint density at radius 2 is 2.10 bits per heavy atom. The average Bonchev–Trinajstić information content (AvgIpc) is 3.42. The lowest BCUT2D eigenvalue weighted by atomic mass is 10.1. The van der Waals surface area contributed by atoms with Crippen LogP contribution in [0.2, 0.25) is 5.02 Å². The zero-order valence-corrected chi connectivity index (χ0v) is 16.9. The molecule has 1 saturated heterocycles. The fraction of sp³-hybridized carbons (Fsp3) is 0.250. The van der Waals surface area contributed by atoms with Crippen molar-refractivity contribution in [3.63, 3.8) is 0 Å². The van der Waals surface area contributed by atoms with Crippen LogP contribution in [0.1, 0.15) is 11.7 Å². The van der Waals surface area contributed by atoms with Crippen molar-refractivity contribution in [3.8, 4) is 22.8 Å². The van der Waals surface area contributed by atoms with Crippen LogP contribution in [-0.2, 0) is 11.8 Å². The van der Waals surface area contributed by atoms with Gasteiger partial charge >= 0.3 is 0 Å². The maximum Gasteiger partial charge on any atom is 0.228 e. The minimum Gasteiger partial charge on any atom is -0.377 e. The van der Waals surface area contributed by atoms with E-state index in [0.29, 0.717) is 48.0 Å². The van der Waals surface area contributed by atoms with Crippen molar-refractivity contribution in [3.05, 3.63) is 59.6 Å². The predicted octanol–water partition coefficient (Wildman–Crippen LogP) is 3.16. The summed E-state index contributed by atoms with van der Waals surface area (Å²) in [6.07, 6.45) is 4.92. The Labute approximate surface area is 177 Å². The molecule has 152 valence electrons. The third-order valence-electron chi connectivity index (χ3n) is 5.01. The number of rotatable bonds is 4. The SMILES string of the molecule is Cn1c(-c2cnccn2)nnc1N1CCOCC1c1cc(-c2cccc(Cl)c2)on1. The van der Waals surface area contributed by atoms with Crippen LogP contribution in [0.5, 0.6) is 0 Å². The number of halogens is 1. The lowest BCUT2D eigenvalue weighted by Crippen LogP contribution is -2.41. The molecule has 4 aromatic rings. The molecule has 0 spiro atoms. The normalized spacial score (nSPS) is 16.7. The van der Waals surface area contributed by atoms with Gasteiger partial charge in [0.15, 0.2) is 11.6 Å². The summed E-state index contributed by atoms with van der Waals surface area (Å²) in [7, 11) is 1.91. The summed E-state index contributed by atoms with van der Waals surface area (Å²) in [6.45, 7) is 1.70. The monoisotopic (exact) mass is 423 g/mol. The molecular weight excluding hydrogens is 406 g/mol. The molecule has 4 heterocycles. The highest BCUT2D eigenvalue weighted by Crippen LogP contribution is 2.32. The number of benzene rings is 1. The standard InChI is InChI=1S/C20H18ClN7O2/c1-27-19(16-11-22-5-6-23-16)24-25-20(27)28-7-8-29-12-17(28)15-10-18(30-26-15)13-3-2-4-14(21)9-13/h2-6,9-11,17H,7-8,12H2,1H3. The number of morpholine rings is 1. The van der Waals surface area contributed by atoms with Gasteiger partial charge < -0.3 is 14.2 Å². The van der Waals surface area contributed by atoms with Crippen LogP contribution in [0.25, 0.3) is 22.8 Å². The van der Waals surface area contributed by atoms with Gasteiger partial charge in [0.1, 0.15) is 17.4 Å². The molecule has 3 aromatic heterocycles. The number of aromatic nitrogens is 6. The first-order valence-corrected chi connectivity index (χ1v) is 9.81. The molecule has 0 amide bonds. The van der Waals surface area contributed by atoms with E-state index in [-0.39, 0.29) is 6.04 Å². The van der Waals surface area contributed by atoms with Gasteiger partial charge in [0.2, 0.25) is 5.95 Å². The zero-order valence-electron chi connectivity index (χ0n) is 16.1. The van der Waals surface area contributed by atoms with Gasteiger partial charge in [-0.3, -0.25) is 9.55 Å². The lowest BCUT2D eigenvalue weighted by Gasteiger charge is -2.34. The van der Waals surface area contributed by atoms with E-state index < -0.39 is 0 Å². The van der Waals surface area contributed by atoms with E-state index in [1.165, 1.54) is 0 Å². The Kier molecular flexibility index (Phi) is 4.89. The van der Waals surface area contributed by atoms with E-state index in [4.69, 9.17) is 20.9 Å². The van der Waals surface area contributed by atoms with Crippen molar-refractivity contribution in [2.45, 2.75) is 6.04 Å². The van der Waals surface area contributed by atoms with Gasteiger partial charge in [0.05, 0.1) is 19.4 Å². The van der Waals surface area contributed by atoms with Crippen LogP contribution in [0.15, 0.2) is 53.4 Å². The third kappa shape index (κ3) is 3.42. The topological polar surface area (TPSA) is 95.0 Å². The number of anilines is 1. The minimum atomic E-state index is -0.159. The zero-order chi connectivity index (χ0) is 20.5. The molecule has 1 unspecified atom stereocenters. The number of nitrogens with zero attached hydrogens (tertiary/aromatic N) is 7. The van der Waals surface area contributed by atoms with Crippen LogP contribution >= 0.6 is 11.6 Å². The van der Waals surface area contributed by atoms with Crippen LogP contribution < -0.4 is 4.90 Å². The molecule has 1 atom stereocenters. The molecule has 9 nitrogen and oxygen atoms in total. The largest absolute Gasteiger partial charge is 0.377 e. The molecule has 30 heavy (non-hydrogen) atoms. The Hall–Kier alpha value is -3.30. The van der Waals surface area contributed by atoms with E-state index >= 15 is 0 Å². The molecule has 1 aromatic carbocycles. The van der Waals surface area contributed by atoms with Gasteiger partial charge in [-0.05, 0) is 12.1 Å². The van der Waals surface area contributed by atoms with Gasteiger partial charge in [0.25, 0.3) is 0 Å². The third-order valence-corrected chi connectivity index (χ3v) is 5.24. The average molecular weight is 424 g/mol. The highest BCUT2D eigenvalue weighted by Gasteiger charge is 2.31. The number of hydrogen-bond donors (Lipinski definition) is 0. The Balaban J connectivity index is 1.47. The lowest BCUT2D eigenvalue weighted by molar-refractivity contribution is 0.0908. The molecule has 10 heteroatoms. The summed E-state index contributed by atoms with van der Waals surface area (Å²) in [6, 6.07) is 9.23. The summed E-state index contributed by atoms with van der Waals surface area (Å²) >= 11 is 6.11. The maximum absolute atomic E-state index is 6.11. The van der Waals surface area contributed by atoms with E-state index in [1.807, 2.05) is 41.9 Å². The molecule has 1 aliphatic heterocycles. The van der Waals surface area contributed by atoms with E-state index in [2.05, 4.69) is 30.2 Å².